The van der Waals surface area contributed by atoms with Crippen molar-refractivity contribution < 1.29 is 17.9 Å². The molecule has 0 aliphatic carbocycles. The highest BCUT2D eigenvalue weighted by atomic mass is 32.2. The summed E-state index contributed by atoms with van der Waals surface area (Å²) in [5, 5.41) is 13.1. The molecule has 2 heterocycles. The van der Waals surface area contributed by atoms with Crippen LogP contribution in [-0.2, 0) is 10.0 Å². The van der Waals surface area contributed by atoms with Crippen molar-refractivity contribution in [2.75, 3.05) is 24.7 Å². The Labute approximate surface area is 123 Å². The van der Waals surface area contributed by atoms with Gasteiger partial charge in [0, 0.05) is 24.7 Å². The molecule has 0 aromatic heterocycles. The van der Waals surface area contributed by atoms with Crippen LogP contribution in [0.15, 0.2) is 18.2 Å². The van der Waals surface area contributed by atoms with Crippen LogP contribution >= 0.6 is 0 Å². The Morgan fingerprint density at radius 3 is 2.62 bits per heavy atom. The molecule has 2 aliphatic heterocycles. The number of halogens is 1. The summed E-state index contributed by atoms with van der Waals surface area (Å²) >= 11 is 0. The maximum Gasteiger partial charge on any atom is 0.211 e. The highest BCUT2D eigenvalue weighted by Gasteiger charge is 2.39. The van der Waals surface area contributed by atoms with Crippen molar-refractivity contribution >= 4 is 15.7 Å². The number of hydrogen-bond acceptors (Lipinski definition) is 4. The summed E-state index contributed by atoms with van der Waals surface area (Å²) in [5.74, 6) is -0.250. The molecule has 1 fully saturated rings. The first-order valence-corrected chi connectivity index (χ1v) is 8.90. The van der Waals surface area contributed by atoms with E-state index in [1.165, 1.54) is 22.7 Å². The van der Waals surface area contributed by atoms with Crippen LogP contribution in [0.5, 0.6) is 0 Å². The normalized spacial score (nSPS) is 27.4. The van der Waals surface area contributed by atoms with Crippen LogP contribution in [0.1, 0.15) is 24.3 Å². The van der Waals surface area contributed by atoms with E-state index in [9.17, 15) is 17.9 Å². The van der Waals surface area contributed by atoms with Gasteiger partial charge in [-0.05, 0) is 36.5 Å². The second-order valence-corrected chi connectivity index (χ2v) is 7.83. The molecule has 0 amide bonds. The molecule has 1 aromatic carbocycles. The lowest BCUT2D eigenvalue weighted by atomic mass is 9.81. The Hall–Kier alpha value is -1.18. The average Bonchev–Trinajstić information content (AvgIpc) is 2.73. The molecule has 3 rings (SSSR count). The van der Waals surface area contributed by atoms with Crippen LogP contribution in [0.4, 0.5) is 10.1 Å². The molecule has 1 aromatic rings. The third-order valence-corrected chi connectivity index (χ3v) is 5.80. The van der Waals surface area contributed by atoms with E-state index in [4.69, 9.17) is 0 Å². The third-order valence-electron chi connectivity index (χ3n) is 4.49. The third kappa shape index (κ3) is 2.77. The molecule has 7 heteroatoms. The van der Waals surface area contributed by atoms with Gasteiger partial charge in [0.2, 0.25) is 10.0 Å². The van der Waals surface area contributed by atoms with Crippen molar-refractivity contribution in [3.63, 3.8) is 0 Å². The van der Waals surface area contributed by atoms with E-state index in [-0.39, 0.29) is 17.7 Å². The van der Waals surface area contributed by atoms with Gasteiger partial charge in [-0.25, -0.2) is 17.1 Å². The van der Waals surface area contributed by atoms with Gasteiger partial charge < -0.3 is 10.4 Å². The van der Waals surface area contributed by atoms with E-state index in [2.05, 4.69) is 5.32 Å². The first kappa shape index (κ1) is 14.7. The average molecular weight is 314 g/mol. The van der Waals surface area contributed by atoms with E-state index >= 15 is 0 Å². The summed E-state index contributed by atoms with van der Waals surface area (Å²) in [6.07, 6.45) is 1.88. The van der Waals surface area contributed by atoms with Crippen LogP contribution in [0.3, 0.4) is 0 Å². The van der Waals surface area contributed by atoms with Crippen LogP contribution < -0.4 is 5.32 Å². The molecule has 1 saturated heterocycles. The van der Waals surface area contributed by atoms with Gasteiger partial charge in [0.25, 0.3) is 0 Å². The second kappa shape index (κ2) is 5.23. The molecule has 2 aliphatic rings. The fraction of sp³-hybridized carbons (Fsp3) is 0.571. The number of anilines is 1. The number of rotatable bonds is 2. The number of aliphatic hydroxyl groups excluding tert-OH is 1. The largest absolute Gasteiger partial charge is 0.373 e. The number of benzene rings is 1. The Kier molecular flexibility index (Phi) is 3.67. The smallest absolute Gasteiger partial charge is 0.211 e. The summed E-state index contributed by atoms with van der Waals surface area (Å²) in [6.45, 7) is 0.951. The number of nitrogens with zero attached hydrogens (tertiary/aromatic N) is 1. The predicted octanol–water partition coefficient (Wildman–Crippen LogP) is 1.32. The van der Waals surface area contributed by atoms with Crippen molar-refractivity contribution in [2.24, 2.45) is 5.92 Å². The Morgan fingerprint density at radius 1 is 1.33 bits per heavy atom. The van der Waals surface area contributed by atoms with Gasteiger partial charge in [-0.3, -0.25) is 0 Å². The van der Waals surface area contributed by atoms with Gasteiger partial charge in [-0.15, -0.1) is 0 Å². The second-order valence-electron chi connectivity index (χ2n) is 5.85. The maximum absolute atomic E-state index is 13.2. The van der Waals surface area contributed by atoms with E-state index < -0.39 is 16.3 Å². The molecular weight excluding hydrogens is 295 g/mol. The molecule has 0 bridgehead atoms. The van der Waals surface area contributed by atoms with Crippen molar-refractivity contribution in [3.8, 4) is 0 Å². The number of aliphatic hydroxyl groups is 1. The number of hydrogen-bond donors (Lipinski definition) is 2. The van der Waals surface area contributed by atoms with Gasteiger partial charge in [-0.1, -0.05) is 6.07 Å². The fourth-order valence-electron chi connectivity index (χ4n) is 3.44. The molecule has 21 heavy (non-hydrogen) atoms. The topological polar surface area (TPSA) is 69.6 Å². The molecule has 0 saturated carbocycles. The number of nitrogens with one attached hydrogen (secondary N) is 1. The van der Waals surface area contributed by atoms with E-state index in [0.29, 0.717) is 31.6 Å². The Morgan fingerprint density at radius 2 is 2.00 bits per heavy atom. The van der Waals surface area contributed by atoms with E-state index in [0.717, 1.165) is 5.56 Å². The molecule has 2 unspecified atom stereocenters. The molecule has 2 atom stereocenters. The van der Waals surface area contributed by atoms with E-state index in [1.54, 1.807) is 6.07 Å². The van der Waals surface area contributed by atoms with Crippen LogP contribution in [0.25, 0.3) is 0 Å². The maximum atomic E-state index is 13.2. The van der Waals surface area contributed by atoms with Gasteiger partial charge in [0.05, 0.1) is 6.26 Å². The van der Waals surface area contributed by atoms with Gasteiger partial charge >= 0.3 is 0 Å². The zero-order valence-electron chi connectivity index (χ0n) is 11.8. The van der Waals surface area contributed by atoms with Crippen molar-refractivity contribution in [1.29, 1.82) is 0 Å². The first-order valence-electron chi connectivity index (χ1n) is 7.05. The number of piperidine rings is 1. The molecule has 2 N–H and O–H groups in total. The minimum absolute atomic E-state index is 0.109. The Bertz CT molecular complexity index is 642. The zero-order chi connectivity index (χ0) is 15.2. The zero-order valence-corrected chi connectivity index (χ0v) is 12.6. The lowest BCUT2D eigenvalue weighted by Crippen LogP contribution is -2.40. The van der Waals surface area contributed by atoms with Crippen LogP contribution in [0.2, 0.25) is 0 Å². The summed E-state index contributed by atoms with van der Waals surface area (Å²) in [6, 6.07) is 4.50. The SMILES string of the molecule is CS(=O)(=O)N1CCC(C2c3ccc(F)cc3NC2O)CC1. The van der Waals surface area contributed by atoms with Crippen molar-refractivity contribution in [1.82, 2.24) is 4.31 Å². The van der Waals surface area contributed by atoms with Crippen LogP contribution in [-0.4, -0.2) is 43.4 Å². The number of fused-ring (bicyclic) bond motifs is 1. The standard InChI is InChI=1S/C14H19FN2O3S/c1-21(19,20)17-6-4-9(5-7-17)13-11-3-2-10(15)8-12(11)16-14(13)18/h2-3,8-9,13-14,16,18H,4-7H2,1H3. The molecule has 5 nitrogen and oxygen atoms in total. The highest BCUT2D eigenvalue weighted by molar-refractivity contribution is 7.88. The van der Waals surface area contributed by atoms with Gasteiger partial charge in [0.1, 0.15) is 12.0 Å². The summed E-state index contributed by atoms with van der Waals surface area (Å²) in [7, 11) is -3.15. The molecule has 0 radical (unpaired) electrons. The monoisotopic (exact) mass is 314 g/mol. The predicted molar refractivity (Wildman–Crippen MR) is 77.9 cm³/mol. The van der Waals surface area contributed by atoms with Gasteiger partial charge in [0.15, 0.2) is 0 Å². The molecular formula is C14H19FN2O3S. The van der Waals surface area contributed by atoms with Crippen molar-refractivity contribution in [3.05, 3.63) is 29.6 Å². The van der Waals surface area contributed by atoms with Crippen LogP contribution in [0, 0.1) is 11.7 Å². The van der Waals surface area contributed by atoms with E-state index in [1.807, 2.05) is 0 Å². The lowest BCUT2D eigenvalue weighted by molar-refractivity contribution is 0.125. The molecule has 0 spiro atoms. The fourth-order valence-corrected chi connectivity index (χ4v) is 4.32. The quantitative estimate of drug-likeness (QED) is 0.864. The Balaban J connectivity index is 1.78. The lowest BCUT2D eigenvalue weighted by Gasteiger charge is -2.34. The number of sulfonamides is 1. The summed E-state index contributed by atoms with van der Waals surface area (Å²) in [4.78, 5) is 0. The minimum Gasteiger partial charge on any atom is -0.373 e. The molecule has 116 valence electrons. The summed E-state index contributed by atoms with van der Waals surface area (Å²) in [5.41, 5.74) is 1.56. The first-order chi connectivity index (χ1) is 9.86. The minimum atomic E-state index is -3.15. The van der Waals surface area contributed by atoms with Crippen molar-refractivity contribution in [2.45, 2.75) is 25.0 Å². The highest BCUT2D eigenvalue weighted by Crippen LogP contribution is 2.43. The van der Waals surface area contributed by atoms with Gasteiger partial charge in [-0.2, -0.15) is 0 Å². The summed E-state index contributed by atoms with van der Waals surface area (Å²) < 4.78 is 37.8.